The Balaban J connectivity index is 1.40. The van der Waals surface area contributed by atoms with E-state index in [0.29, 0.717) is 24.7 Å². The Morgan fingerprint density at radius 3 is 2.81 bits per heavy atom. The molecule has 144 valence electrons. The van der Waals surface area contributed by atoms with Crippen molar-refractivity contribution in [2.75, 3.05) is 26.3 Å². The molecule has 0 bridgehead atoms. The predicted octanol–water partition coefficient (Wildman–Crippen LogP) is 2.18. The molecule has 2 saturated heterocycles. The van der Waals surface area contributed by atoms with E-state index in [-0.39, 0.29) is 18.2 Å². The van der Waals surface area contributed by atoms with Crippen molar-refractivity contribution in [1.29, 1.82) is 0 Å². The largest absolute Gasteiger partial charge is 0.392 e. The van der Waals surface area contributed by atoms with E-state index in [1.165, 1.54) is 11.5 Å². The summed E-state index contributed by atoms with van der Waals surface area (Å²) in [6, 6.07) is 9.59. The van der Waals surface area contributed by atoms with Crippen molar-refractivity contribution in [3.05, 3.63) is 35.3 Å². The molecule has 2 fully saturated rings. The minimum Gasteiger partial charge on any atom is -0.392 e. The first-order chi connectivity index (χ1) is 13.2. The summed E-state index contributed by atoms with van der Waals surface area (Å²) in [6.07, 6.45) is 2.45. The van der Waals surface area contributed by atoms with E-state index in [1.807, 2.05) is 30.3 Å². The van der Waals surface area contributed by atoms with Gasteiger partial charge < -0.3 is 9.84 Å². The van der Waals surface area contributed by atoms with Gasteiger partial charge in [-0.05, 0) is 36.7 Å². The van der Waals surface area contributed by atoms with E-state index < -0.39 is 6.10 Å². The molecule has 3 heterocycles. The van der Waals surface area contributed by atoms with Gasteiger partial charge in [-0.15, -0.1) is 0 Å². The average molecular weight is 388 g/mol. The highest BCUT2D eigenvalue weighted by Crippen LogP contribution is 2.25. The Morgan fingerprint density at radius 1 is 1.26 bits per heavy atom. The van der Waals surface area contributed by atoms with Crippen LogP contribution in [0.1, 0.15) is 24.3 Å². The van der Waals surface area contributed by atoms with Gasteiger partial charge in [0.05, 0.1) is 18.6 Å². The van der Waals surface area contributed by atoms with E-state index in [1.54, 1.807) is 0 Å². The molecule has 7 heteroatoms. The van der Waals surface area contributed by atoms with E-state index in [4.69, 9.17) is 4.74 Å². The molecular weight excluding hydrogens is 362 g/mol. The number of benzene rings is 1. The lowest BCUT2D eigenvalue weighted by Crippen LogP contribution is -2.41. The number of Topliss-reactive ketones (excluding diaryl/α,β-unsaturated/α-hetero) is 1. The molecule has 2 atom stereocenters. The van der Waals surface area contributed by atoms with Crippen LogP contribution < -0.4 is 0 Å². The third-order valence-corrected chi connectivity index (χ3v) is 6.12. The smallest absolute Gasteiger partial charge is 0.173 e. The number of aromatic nitrogens is 2. The van der Waals surface area contributed by atoms with Crippen LogP contribution in [0.25, 0.3) is 11.4 Å². The van der Waals surface area contributed by atoms with Crippen molar-refractivity contribution < 1.29 is 14.6 Å². The van der Waals surface area contributed by atoms with Crippen molar-refractivity contribution in [3.63, 3.8) is 0 Å². The Bertz CT molecular complexity index is 761. The second kappa shape index (κ2) is 8.56. The van der Waals surface area contributed by atoms with Crippen molar-refractivity contribution >= 4 is 17.3 Å². The maximum absolute atomic E-state index is 12.9. The van der Waals surface area contributed by atoms with E-state index >= 15 is 0 Å². The number of ether oxygens (including phenoxy) is 1. The van der Waals surface area contributed by atoms with Gasteiger partial charge in [-0.1, -0.05) is 30.3 Å². The fourth-order valence-electron chi connectivity index (χ4n) is 3.97. The maximum atomic E-state index is 12.9. The van der Waals surface area contributed by atoms with Gasteiger partial charge >= 0.3 is 0 Å². The number of rotatable bonds is 6. The summed E-state index contributed by atoms with van der Waals surface area (Å²) in [5, 5.41) is 10.9. The quantitative estimate of drug-likeness (QED) is 0.819. The highest BCUT2D eigenvalue weighted by Gasteiger charge is 2.37. The third kappa shape index (κ3) is 4.60. The predicted molar refractivity (Wildman–Crippen MR) is 104 cm³/mol. The number of aliphatic hydroxyl groups is 1. The summed E-state index contributed by atoms with van der Waals surface area (Å²) in [5.74, 6) is 1.36. The van der Waals surface area contributed by atoms with Crippen LogP contribution in [0.4, 0.5) is 0 Å². The second-order valence-electron chi connectivity index (χ2n) is 7.44. The van der Waals surface area contributed by atoms with Crippen LogP contribution in [-0.2, 0) is 16.0 Å². The molecule has 0 amide bonds. The summed E-state index contributed by atoms with van der Waals surface area (Å²) < 4.78 is 9.82. The molecule has 2 aliphatic heterocycles. The average Bonchev–Trinajstić information content (AvgIpc) is 3.30. The van der Waals surface area contributed by atoms with Crippen molar-refractivity contribution in [2.45, 2.75) is 37.8 Å². The lowest BCUT2D eigenvalue weighted by Gasteiger charge is -2.30. The standard InChI is InChI=1S/C20H25N3O3S/c24-16-10-17(23(13-16)12-14-6-8-26-9-7-14)18(25)11-19-21-20(22-27-19)15-4-2-1-3-5-15/h1-5,14,16-17,24H,6-13H2/t16-,17+/m1/s1. The van der Waals surface area contributed by atoms with Gasteiger partial charge in [0.1, 0.15) is 5.01 Å². The van der Waals surface area contributed by atoms with Gasteiger partial charge in [0.2, 0.25) is 0 Å². The first-order valence-electron chi connectivity index (χ1n) is 9.59. The molecule has 27 heavy (non-hydrogen) atoms. The number of hydrogen-bond acceptors (Lipinski definition) is 7. The van der Waals surface area contributed by atoms with E-state index in [0.717, 1.165) is 43.2 Å². The summed E-state index contributed by atoms with van der Waals surface area (Å²) in [6.45, 7) is 3.04. The second-order valence-corrected chi connectivity index (χ2v) is 8.27. The molecule has 1 aromatic heterocycles. The number of carbonyl (C=O) groups is 1. The molecular formula is C20H25N3O3S. The molecule has 1 aromatic carbocycles. The van der Waals surface area contributed by atoms with Gasteiger partial charge in [0.25, 0.3) is 0 Å². The monoisotopic (exact) mass is 387 g/mol. The zero-order valence-electron chi connectivity index (χ0n) is 15.3. The molecule has 0 aliphatic carbocycles. The summed E-state index contributed by atoms with van der Waals surface area (Å²) >= 11 is 1.29. The molecule has 0 saturated carbocycles. The maximum Gasteiger partial charge on any atom is 0.173 e. The fourth-order valence-corrected chi connectivity index (χ4v) is 4.65. The van der Waals surface area contributed by atoms with Crippen LogP contribution in [0.3, 0.4) is 0 Å². The highest BCUT2D eigenvalue weighted by atomic mass is 32.1. The van der Waals surface area contributed by atoms with Crippen molar-refractivity contribution in [1.82, 2.24) is 14.3 Å². The topological polar surface area (TPSA) is 75.5 Å². The lowest BCUT2D eigenvalue weighted by molar-refractivity contribution is -0.123. The number of aliphatic hydroxyl groups excluding tert-OH is 1. The number of carbonyl (C=O) groups excluding carboxylic acids is 1. The summed E-state index contributed by atoms with van der Waals surface area (Å²) in [5.41, 5.74) is 0.963. The fraction of sp³-hybridized carbons (Fsp3) is 0.550. The summed E-state index contributed by atoms with van der Waals surface area (Å²) in [4.78, 5) is 19.6. The van der Waals surface area contributed by atoms with Gasteiger partial charge in [-0.3, -0.25) is 9.69 Å². The molecule has 6 nitrogen and oxygen atoms in total. The molecule has 4 rings (SSSR count). The number of nitrogens with zero attached hydrogens (tertiary/aromatic N) is 3. The molecule has 1 N–H and O–H groups in total. The molecule has 0 radical (unpaired) electrons. The summed E-state index contributed by atoms with van der Waals surface area (Å²) in [7, 11) is 0. The Labute approximate surface area is 163 Å². The minimum absolute atomic E-state index is 0.134. The van der Waals surface area contributed by atoms with Crippen LogP contribution in [0.15, 0.2) is 30.3 Å². The van der Waals surface area contributed by atoms with Crippen LogP contribution in [0, 0.1) is 5.92 Å². The lowest BCUT2D eigenvalue weighted by atomic mass is 9.98. The Kier molecular flexibility index (Phi) is 5.92. The Hall–Kier alpha value is -1.67. The molecule has 2 aromatic rings. The molecule has 0 unspecified atom stereocenters. The number of ketones is 1. The highest BCUT2D eigenvalue weighted by molar-refractivity contribution is 7.05. The number of likely N-dealkylation sites (tertiary alicyclic amines) is 1. The zero-order valence-corrected chi connectivity index (χ0v) is 16.1. The van der Waals surface area contributed by atoms with Crippen molar-refractivity contribution in [3.8, 4) is 11.4 Å². The van der Waals surface area contributed by atoms with Crippen LogP contribution in [0.5, 0.6) is 0 Å². The van der Waals surface area contributed by atoms with Gasteiger partial charge in [0, 0.05) is 31.9 Å². The SMILES string of the molecule is O=C(Cc1nc(-c2ccccc2)ns1)[C@@H]1C[C@@H](O)CN1CC1CCOCC1. The van der Waals surface area contributed by atoms with Crippen LogP contribution in [0.2, 0.25) is 0 Å². The first-order valence-corrected chi connectivity index (χ1v) is 10.4. The van der Waals surface area contributed by atoms with Gasteiger partial charge in [-0.2, -0.15) is 4.37 Å². The first kappa shape index (κ1) is 18.7. The van der Waals surface area contributed by atoms with Crippen molar-refractivity contribution in [2.24, 2.45) is 5.92 Å². The van der Waals surface area contributed by atoms with Gasteiger partial charge in [-0.25, -0.2) is 4.98 Å². The van der Waals surface area contributed by atoms with Gasteiger partial charge in [0.15, 0.2) is 11.6 Å². The van der Waals surface area contributed by atoms with E-state index in [9.17, 15) is 9.90 Å². The number of hydrogen-bond donors (Lipinski definition) is 1. The minimum atomic E-state index is -0.423. The van der Waals surface area contributed by atoms with E-state index in [2.05, 4.69) is 14.3 Å². The van der Waals surface area contributed by atoms with Crippen LogP contribution in [-0.4, -0.2) is 63.6 Å². The molecule has 2 aliphatic rings. The normalized spacial score (nSPS) is 24.3. The van der Waals surface area contributed by atoms with Crippen LogP contribution >= 0.6 is 11.5 Å². The Morgan fingerprint density at radius 2 is 2.04 bits per heavy atom. The number of β-amino-alcohol motifs (C(OH)–C–C–N with tert-alkyl or cyclic N) is 1. The molecule has 0 spiro atoms. The zero-order chi connectivity index (χ0) is 18.6. The third-order valence-electron chi connectivity index (χ3n) is 5.41.